The summed E-state index contributed by atoms with van der Waals surface area (Å²) in [7, 11) is -3.52. The van der Waals surface area contributed by atoms with Gasteiger partial charge in [-0.1, -0.05) is 6.92 Å². The van der Waals surface area contributed by atoms with Crippen molar-refractivity contribution in [2.24, 2.45) is 5.92 Å². The van der Waals surface area contributed by atoms with Crippen LogP contribution in [-0.2, 0) is 10.0 Å². The molecule has 0 aromatic heterocycles. The van der Waals surface area contributed by atoms with Crippen molar-refractivity contribution in [2.45, 2.75) is 43.9 Å². The molecule has 9 heteroatoms. The van der Waals surface area contributed by atoms with E-state index in [0.717, 1.165) is 38.8 Å². The monoisotopic (exact) mass is 462 g/mol. The minimum atomic E-state index is -3.52. The number of nitrogens with zero attached hydrogens (tertiary/aromatic N) is 4. The topological polar surface area (TPSA) is 81.2 Å². The zero-order valence-corrected chi connectivity index (χ0v) is 19.7. The molecule has 0 N–H and O–H groups in total. The second kappa shape index (κ2) is 9.79. The summed E-state index contributed by atoms with van der Waals surface area (Å²) in [4.78, 5) is 31.3. The fourth-order valence-electron chi connectivity index (χ4n) is 4.71. The van der Waals surface area contributed by atoms with Crippen molar-refractivity contribution in [1.82, 2.24) is 19.0 Å². The minimum absolute atomic E-state index is 0.0819. The molecule has 1 aromatic rings. The van der Waals surface area contributed by atoms with Crippen molar-refractivity contribution in [3.8, 4) is 0 Å². The molecule has 3 aliphatic rings. The Hall–Kier alpha value is -2.13. The van der Waals surface area contributed by atoms with Gasteiger partial charge in [-0.05, 0) is 62.3 Å². The third-order valence-electron chi connectivity index (χ3n) is 6.95. The Bertz CT molecular complexity index is 912. The second-order valence-corrected chi connectivity index (χ2v) is 11.2. The van der Waals surface area contributed by atoms with Gasteiger partial charge >= 0.3 is 6.03 Å². The van der Waals surface area contributed by atoms with Crippen LogP contribution in [0.15, 0.2) is 29.2 Å². The standard InChI is InChI=1S/C23H34N4O4S/c1-19-9-13-27(14-10-19)32(30,31)21-7-5-20(6-8-21)22(28)24-15-17-26(18-16-24)23(29)25-11-3-2-4-12-25/h5-8,19H,2-4,9-18H2,1H3. The first-order valence-corrected chi connectivity index (χ1v) is 13.2. The van der Waals surface area contributed by atoms with Gasteiger partial charge in [0.05, 0.1) is 4.90 Å². The number of carbonyl (C=O) groups excluding carboxylic acids is 2. The highest BCUT2D eigenvalue weighted by molar-refractivity contribution is 7.89. The molecule has 0 radical (unpaired) electrons. The molecule has 0 aliphatic carbocycles. The molecule has 3 amide bonds. The van der Waals surface area contributed by atoms with Crippen molar-refractivity contribution < 1.29 is 18.0 Å². The number of hydrogen-bond donors (Lipinski definition) is 0. The average Bonchev–Trinajstić information content (AvgIpc) is 2.84. The molecular weight excluding hydrogens is 428 g/mol. The predicted molar refractivity (Wildman–Crippen MR) is 122 cm³/mol. The summed E-state index contributed by atoms with van der Waals surface area (Å²) in [5.41, 5.74) is 0.479. The predicted octanol–water partition coefficient (Wildman–Crippen LogP) is 2.47. The quantitative estimate of drug-likeness (QED) is 0.691. The lowest BCUT2D eigenvalue weighted by Gasteiger charge is -2.38. The number of carbonyl (C=O) groups is 2. The van der Waals surface area contributed by atoms with E-state index in [2.05, 4.69) is 6.92 Å². The summed E-state index contributed by atoms with van der Waals surface area (Å²) < 4.78 is 27.3. The van der Waals surface area contributed by atoms with E-state index in [9.17, 15) is 18.0 Å². The van der Waals surface area contributed by atoms with E-state index >= 15 is 0 Å². The molecule has 3 heterocycles. The molecule has 0 bridgehead atoms. The van der Waals surface area contributed by atoms with Gasteiger partial charge in [-0.2, -0.15) is 4.31 Å². The highest BCUT2D eigenvalue weighted by Crippen LogP contribution is 2.24. The number of likely N-dealkylation sites (tertiary alicyclic amines) is 1. The third kappa shape index (κ3) is 4.93. The van der Waals surface area contributed by atoms with Crippen LogP contribution in [0, 0.1) is 5.92 Å². The van der Waals surface area contributed by atoms with Crippen LogP contribution in [0.4, 0.5) is 4.79 Å². The number of amides is 3. The molecular formula is C23H34N4O4S. The number of piperazine rings is 1. The molecule has 3 saturated heterocycles. The van der Waals surface area contributed by atoms with Gasteiger partial charge in [0.25, 0.3) is 5.91 Å². The first kappa shape index (κ1) is 23.0. The lowest BCUT2D eigenvalue weighted by Crippen LogP contribution is -2.54. The van der Waals surface area contributed by atoms with Crippen molar-refractivity contribution in [1.29, 1.82) is 0 Å². The molecule has 176 valence electrons. The van der Waals surface area contributed by atoms with Crippen LogP contribution in [0.5, 0.6) is 0 Å². The lowest BCUT2D eigenvalue weighted by molar-refractivity contribution is 0.0633. The molecule has 32 heavy (non-hydrogen) atoms. The van der Waals surface area contributed by atoms with E-state index in [0.29, 0.717) is 50.7 Å². The van der Waals surface area contributed by atoms with Crippen LogP contribution in [-0.4, -0.2) is 91.7 Å². The Morgan fingerprint density at radius 3 is 1.88 bits per heavy atom. The SMILES string of the molecule is CC1CCN(S(=O)(=O)c2ccc(C(=O)N3CCN(C(=O)N4CCCCC4)CC3)cc2)CC1. The highest BCUT2D eigenvalue weighted by atomic mass is 32.2. The number of urea groups is 1. The summed E-state index contributed by atoms with van der Waals surface area (Å²) in [6.07, 6.45) is 5.06. The average molecular weight is 463 g/mol. The Balaban J connectivity index is 1.33. The second-order valence-electron chi connectivity index (χ2n) is 9.22. The van der Waals surface area contributed by atoms with Gasteiger partial charge in [0, 0.05) is 57.9 Å². The molecule has 1 aromatic carbocycles. The van der Waals surface area contributed by atoms with E-state index in [-0.39, 0.29) is 16.8 Å². The van der Waals surface area contributed by atoms with Crippen molar-refractivity contribution >= 4 is 22.0 Å². The van der Waals surface area contributed by atoms with Gasteiger partial charge < -0.3 is 14.7 Å². The maximum absolute atomic E-state index is 12.9. The normalized spacial score (nSPS) is 21.6. The Labute approximate surface area is 191 Å². The molecule has 0 spiro atoms. The summed E-state index contributed by atoms with van der Waals surface area (Å²) in [5, 5.41) is 0. The van der Waals surface area contributed by atoms with Crippen molar-refractivity contribution in [2.75, 3.05) is 52.4 Å². The van der Waals surface area contributed by atoms with Gasteiger partial charge in [-0.3, -0.25) is 4.79 Å². The first-order valence-electron chi connectivity index (χ1n) is 11.8. The molecule has 0 atom stereocenters. The zero-order chi connectivity index (χ0) is 22.7. The summed E-state index contributed by atoms with van der Waals surface area (Å²) in [6, 6.07) is 6.37. The van der Waals surface area contributed by atoms with Gasteiger partial charge in [0.1, 0.15) is 0 Å². The summed E-state index contributed by atoms with van der Waals surface area (Å²) in [6.45, 7) is 6.92. The molecule has 8 nitrogen and oxygen atoms in total. The Morgan fingerprint density at radius 1 is 0.750 bits per heavy atom. The maximum Gasteiger partial charge on any atom is 0.320 e. The van der Waals surface area contributed by atoms with Crippen molar-refractivity contribution in [3.63, 3.8) is 0 Å². The minimum Gasteiger partial charge on any atom is -0.335 e. The van der Waals surface area contributed by atoms with Gasteiger partial charge in [0.2, 0.25) is 10.0 Å². The number of piperidine rings is 2. The van der Waals surface area contributed by atoms with Gasteiger partial charge in [-0.25, -0.2) is 13.2 Å². The fraction of sp³-hybridized carbons (Fsp3) is 0.652. The molecule has 0 unspecified atom stereocenters. The van der Waals surface area contributed by atoms with Gasteiger partial charge in [0.15, 0.2) is 0 Å². The van der Waals surface area contributed by atoms with Crippen LogP contribution >= 0.6 is 0 Å². The van der Waals surface area contributed by atoms with Crippen LogP contribution < -0.4 is 0 Å². The molecule has 3 fully saturated rings. The smallest absolute Gasteiger partial charge is 0.320 e. The van der Waals surface area contributed by atoms with E-state index in [1.807, 2.05) is 9.80 Å². The number of sulfonamides is 1. The van der Waals surface area contributed by atoms with Crippen LogP contribution in [0.1, 0.15) is 49.4 Å². The fourth-order valence-corrected chi connectivity index (χ4v) is 6.18. The number of hydrogen-bond acceptors (Lipinski definition) is 4. The highest BCUT2D eigenvalue weighted by Gasteiger charge is 2.30. The van der Waals surface area contributed by atoms with E-state index in [1.165, 1.54) is 18.6 Å². The van der Waals surface area contributed by atoms with E-state index in [1.54, 1.807) is 21.3 Å². The molecule has 0 saturated carbocycles. The van der Waals surface area contributed by atoms with Crippen molar-refractivity contribution in [3.05, 3.63) is 29.8 Å². The van der Waals surface area contributed by atoms with E-state index < -0.39 is 10.0 Å². The summed E-state index contributed by atoms with van der Waals surface area (Å²) in [5.74, 6) is 0.433. The number of rotatable bonds is 3. The van der Waals surface area contributed by atoms with E-state index in [4.69, 9.17) is 0 Å². The van der Waals surface area contributed by atoms with Gasteiger partial charge in [-0.15, -0.1) is 0 Å². The molecule has 3 aliphatic heterocycles. The largest absolute Gasteiger partial charge is 0.335 e. The van der Waals surface area contributed by atoms with Crippen LogP contribution in [0.2, 0.25) is 0 Å². The zero-order valence-electron chi connectivity index (χ0n) is 18.9. The maximum atomic E-state index is 12.9. The van der Waals surface area contributed by atoms with Crippen LogP contribution in [0.25, 0.3) is 0 Å². The number of benzene rings is 1. The lowest BCUT2D eigenvalue weighted by atomic mass is 10.0. The third-order valence-corrected chi connectivity index (χ3v) is 8.86. The summed E-state index contributed by atoms with van der Waals surface area (Å²) >= 11 is 0. The first-order chi connectivity index (χ1) is 15.4. The van der Waals surface area contributed by atoms with Crippen LogP contribution in [0.3, 0.4) is 0 Å². The Morgan fingerprint density at radius 2 is 1.28 bits per heavy atom. The Kier molecular flexibility index (Phi) is 7.05. The molecule has 4 rings (SSSR count).